The van der Waals surface area contributed by atoms with E-state index >= 15 is 0 Å². The number of rotatable bonds is 11. The van der Waals surface area contributed by atoms with Gasteiger partial charge in [-0.1, -0.05) is 48.5 Å². The molecule has 0 radical (unpaired) electrons. The van der Waals surface area contributed by atoms with E-state index in [9.17, 15) is 8.42 Å². The van der Waals surface area contributed by atoms with E-state index in [0.717, 1.165) is 30.6 Å². The van der Waals surface area contributed by atoms with Crippen LogP contribution in [0.4, 0.5) is 0 Å². The number of para-hydroxylation sites is 1. The lowest BCUT2D eigenvalue weighted by Gasteiger charge is -2.38. The number of benzene rings is 2. The summed E-state index contributed by atoms with van der Waals surface area (Å²) >= 11 is 5.96. The van der Waals surface area contributed by atoms with Gasteiger partial charge in [-0.2, -0.15) is 0 Å². The van der Waals surface area contributed by atoms with Crippen molar-refractivity contribution < 1.29 is 22.3 Å². The van der Waals surface area contributed by atoms with Crippen molar-refractivity contribution in [1.82, 2.24) is 9.71 Å². The smallest absolute Gasteiger partial charge is 0.208 e. The molecular formula is C28H33ClN2O5S. The highest BCUT2D eigenvalue weighted by Gasteiger charge is 2.46. The van der Waals surface area contributed by atoms with Crippen LogP contribution in [0, 0.1) is 0 Å². The zero-order valence-corrected chi connectivity index (χ0v) is 22.5. The van der Waals surface area contributed by atoms with Crippen molar-refractivity contribution in [3.63, 3.8) is 0 Å². The van der Waals surface area contributed by atoms with Crippen molar-refractivity contribution in [2.24, 2.45) is 0 Å². The van der Waals surface area contributed by atoms with E-state index in [4.69, 9.17) is 25.5 Å². The first-order valence-electron chi connectivity index (χ1n) is 12.7. The van der Waals surface area contributed by atoms with Gasteiger partial charge in [0, 0.05) is 6.04 Å². The highest BCUT2D eigenvalue weighted by Crippen LogP contribution is 2.46. The van der Waals surface area contributed by atoms with E-state index in [0.29, 0.717) is 43.6 Å². The molecule has 2 saturated carbocycles. The largest absolute Gasteiger partial charge is 0.489 e. The molecule has 9 heteroatoms. The van der Waals surface area contributed by atoms with Crippen LogP contribution in [0.5, 0.6) is 5.75 Å². The zero-order chi connectivity index (χ0) is 25.9. The van der Waals surface area contributed by atoms with Crippen LogP contribution in [0.2, 0.25) is 0 Å². The van der Waals surface area contributed by atoms with E-state index in [1.165, 1.54) is 11.8 Å². The molecule has 2 aliphatic carbocycles. The summed E-state index contributed by atoms with van der Waals surface area (Å²) in [5.74, 6) is 2.14. The first-order valence-corrected chi connectivity index (χ1v) is 15.1. The molecule has 7 nitrogen and oxygen atoms in total. The molecular weight excluding hydrogens is 512 g/mol. The lowest BCUT2D eigenvalue weighted by molar-refractivity contribution is -0.0389. The number of nitrogens with zero attached hydrogens (tertiary/aromatic N) is 1. The summed E-state index contributed by atoms with van der Waals surface area (Å²) in [4.78, 5) is 4.58. The Bertz CT molecular complexity index is 1290. The second-order valence-electron chi connectivity index (χ2n) is 10.3. The Hall–Kier alpha value is -2.39. The van der Waals surface area contributed by atoms with Gasteiger partial charge in [-0.15, -0.1) is 11.6 Å². The Labute approximate surface area is 223 Å². The predicted molar refractivity (Wildman–Crippen MR) is 142 cm³/mol. The summed E-state index contributed by atoms with van der Waals surface area (Å²) in [5, 5.41) is 0. The summed E-state index contributed by atoms with van der Waals surface area (Å²) < 4.78 is 44.8. The Morgan fingerprint density at radius 1 is 1.14 bits per heavy atom. The molecule has 0 amide bonds. The number of sulfonamides is 1. The van der Waals surface area contributed by atoms with Crippen LogP contribution in [0.3, 0.4) is 0 Å². The zero-order valence-electron chi connectivity index (χ0n) is 20.9. The molecule has 1 aromatic heterocycles. The Balaban J connectivity index is 1.21. The van der Waals surface area contributed by atoms with Crippen molar-refractivity contribution >= 4 is 21.6 Å². The second kappa shape index (κ2) is 11.2. The van der Waals surface area contributed by atoms with Gasteiger partial charge < -0.3 is 13.9 Å². The quantitative estimate of drug-likeness (QED) is 0.330. The maximum absolute atomic E-state index is 11.8. The number of aromatic nitrogens is 1. The van der Waals surface area contributed by atoms with Crippen LogP contribution in [0.15, 0.2) is 65.3 Å². The van der Waals surface area contributed by atoms with Gasteiger partial charge in [-0.3, -0.25) is 0 Å². The molecule has 198 valence electrons. The molecule has 1 N–H and O–H groups in total. The molecule has 2 aromatic carbocycles. The Morgan fingerprint density at radius 2 is 1.89 bits per heavy atom. The van der Waals surface area contributed by atoms with Crippen LogP contribution < -0.4 is 9.46 Å². The molecule has 37 heavy (non-hydrogen) atoms. The highest BCUT2D eigenvalue weighted by atomic mass is 35.5. The number of alkyl halides is 1. The molecule has 0 bridgehead atoms. The third kappa shape index (κ3) is 6.37. The molecule has 0 unspecified atom stereocenters. The van der Waals surface area contributed by atoms with Crippen molar-refractivity contribution in [3.05, 3.63) is 83.6 Å². The number of ether oxygens (including phenoxy) is 2. The van der Waals surface area contributed by atoms with Crippen molar-refractivity contribution in [3.8, 4) is 5.75 Å². The average Bonchev–Trinajstić information content (AvgIpc) is 3.50. The maximum Gasteiger partial charge on any atom is 0.208 e. The Morgan fingerprint density at radius 3 is 2.62 bits per heavy atom. The normalized spacial score (nSPS) is 25.6. The summed E-state index contributed by atoms with van der Waals surface area (Å²) in [6.45, 7) is 0.969. The molecule has 2 fully saturated rings. The highest BCUT2D eigenvalue weighted by molar-refractivity contribution is 7.88. The third-order valence-corrected chi connectivity index (χ3v) is 8.45. The monoisotopic (exact) mass is 544 g/mol. The molecule has 0 spiro atoms. The SMILES string of the molecule is CS(=O)(=O)N[C@H]1CC[C@](COC2CC(c3ccccc3OCc3ccccc3)C2)(c2nc(CCl)co2)C1. The maximum atomic E-state index is 11.8. The minimum atomic E-state index is -3.30. The van der Waals surface area contributed by atoms with Gasteiger partial charge in [0.1, 0.15) is 18.6 Å². The fourth-order valence-electron chi connectivity index (χ4n) is 5.45. The molecule has 0 aliphatic heterocycles. The van der Waals surface area contributed by atoms with Crippen molar-refractivity contribution in [2.45, 2.75) is 68.1 Å². The Kier molecular flexibility index (Phi) is 7.91. The van der Waals surface area contributed by atoms with Gasteiger partial charge in [0.25, 0.3) is 0 Å². The van der Waals surface area contributed by atoms with Crippen LogP contribution >= 0.6 is 11.6 Å². The van der Waals surface area contributed by atoms with E-state index in [1.54, 1.807) is 6.26 Å². The topological polar surface area (TPSA) is 90.7 Å². The molecule has 2 aliphatic rings. The van der Waals surface area contributed by atoms with Gasteiger partial charge >= 0.3 is 0 Å². The number of hydrogen-bond acceptors (Lipinski definition) is 6. The van der Waals surface area contributed by atoms with E-state index < -0.39 is 15.4 Å². The molecule has 2 atom stereocenters. The summed E-state index contributed by atoms with van der Waals surface area (Å²) in [5.41, 5.74) is 2.55. The number of oxazole rings is 1. The summed E-state index contributed by atoms with van der Waals surface area (Å²) in [6.07, 6.45) is 6.71. The lowest BCUT2D eigenvalue weighted by atomic mass is 9.77. The minimum absolute atomic E-state index is 0.119. The minimum Gasteiger partial charge on any atom is -0.489 e. The number of hydrogen-bond donors (Lipinski definition) is 1. The van der Waals surface area contributed by atoms with E-state index in [-0.39, 0.29) is 18.0 Å². The van der Waals surface area contributed by atoms with Crippen molar-refractivity contribution in [2.75, 3.05) is 12.9 Å². The summed E-state index contributed by atoms with van der Waals surface area (Å²) in [7, 11) is -3.30. The third-order valence-electron chi connectivity index (χ3n) is 7.42. The standard InChI is InChI=1S/C28H33ClN2O5S/c1-37(32,33)31-22-11-12-28(15-22,27-30-23(16-29)18-35-27)19-36-24-13-21(14-24)25-9-5-6-10-26(25)34-17-20-7-3-2-4-8-20/h2-10,18,21-22,24,31H,11-17,19H2,1H3/t21?,22-,24?,28-/m0/s1. The lowest BCUT2D eigenvalue weighted by Crippen LogP contribution is -2.39. The molecule has 1 heterocycles. The molecule has 0 saturated heterocycles. The average molecular weight is 545 g/mol. The first-order chi connectivity index (χ1) is 17.8. The van der Waals surface area contributed by atoms with E-state index in [1.807, 2.05) is 30.3 Å². The fourth-order valence-corrected chi connectivity index (χ4v) is 6.38. The number of nitrogens with one attached hydrogen (secondary N) is 1. The van der Waals surface area contributed by atoms with Crippen LogP contribution in [-0.4, -0.2) is 38.4 Å². The van der Waals surface area contributed by atoms with Gasteiger partial charge in [-0.05, 0) is 55.2 Å². The van der Waals surface area contributed by atoms with Crippen LogP contribution in [0.25, 0.3) is 0 Å². The van der Waals surface area contributed by atoms with Gasteiger partial charge in [0.2, 0.25) is 15.9 Å². The first kappa shape index (κ1) is 26.2. The van der Waals surface area contributed by atoms with Crippen LogP contribution in [0.1, 0.15) is 60.7 Å². The van der Waals surface area contributed by atoms with Gasteiger partial charge in [0.15, 0.2) is 0 Å². The fraction of sp³-hybridized carbons (Fsp3) is 0.464. The van der Waals surface area contributed by atoms with Gasteiger partial charge in [0.05, 0.1) is 36.0 Å². The predicted octanol–water partition coefficient (Wildman–Crippen LogP) is 5.29. The molecule has 5 rings (SSSR count). The van der Waals surface area contributed by atoms with Crippen LogP contribution in [-0.2, 0) is 32.7 Å². The number of halogens is 1. The van der Waals surface area contributed by atoms with Gasteiger partial charge in [-0.25, -0.2) is 18.1 Å². The summed E-state index contributed by atoms with van der Waals surface area (Å²) in [6, 6.07) is 18.2. The molecule has 3 aromatic rings. The van der Waals surface area contributed by atoms with E-state index in [2.05, 4.69) is 34.0 Å². The van der Waals surface area contributed by atoms with Crippen molar-refractivity contribution in [1.29, 1.82) is 0 Å². The second-order valence-corrected chi connectivity index (χ2v) is 12.3.